The fourth-order valence-corrected chi connectivity index (χ4v) is 3.52. The summed E-state index contributed by atoms with van der Waals surface area (Å²) in [6, 6.07) is 6.23. The molecular weight excluding hydrogens is 304 g/mol. The largest absolute Gasteiger partial charge is 0.496 e. The molecule has 2 unspecified atom stereocenters. The molecule has 5 heteroatoms. The average Bonchev–Trinajstić information content (AvgIpc) is 3.09. The van der Waals surface area contributed by atoms with Crippen LogP contribution in [0.4, 0.5) is 0 Å². The predicted octanol–water partition coefficient (Wildman–Crippen LogP) is 2.64. The molecule has 1 N–H and O–H groups in total. The molecule has 0 radical (unpaired) electrons. The number of ether oxygens (including phenoxy) is 1. The number of aryl methyl sites for hydroxylation is 3. The van der Waals surface area contributed by atoms with E-state index in [9.17, 15) is 5.11 Å². The van der Waals surface area contributed by atoms with E-state index >= 15 is 0 Å². The zero-order chi connectivity index (χ0) is 17.3. The third-order valence-electron chi connectivity index (χ3n) is 4.87. The van der Waals surface area contributed by atoms with Crippen LogP contribution in [0.2, 0.25) is 0 Å². The van der Waals surface area contributed by atoms with Crippen LogP contribution in [0, 0.1) is 26.7 Å². The Morgan fingerprint density at radius 1 is 1.21 bits per heavy atom. The van der Waals surface area contributed by atoms with E-state index in [0.29, 0.717) is 6.54 Å². The highest BCUT2D eigenvalue weighted by atomic mass is 16.5. The molecule has 2 aromatic rings. The second-order valence-corrected chi connectivity index (χ2v) is 6.91. The molecule has 3 rings (SSSR count). The first kappa shape index (κ1) is 17.0. The molecule has 1 aromatic heterocycles. The number of hydrogen-bond donors (Lipinski definition) is 1. The molecular formula is C19H26N2O3. The summed E-state index contributed by atoms with van der Waals surface area (Å²) >= 11 is 0. The van der Waals surface area contributed by atoms with E-state index in [-0.39, 0.29) is 12.0 Å². The van der Waals surface area contributed by atoms with E-state index in [4.69, 9.17) is 9.26 Å². The van der Waals surface area contributed by atoms with Gasteiger partial charge in [-0.25, -0.2) is 0 Å². The van der Waals surface area contributed by atoms with Crippen LogP contribution in [0.3, 0.4) is 0 Å². The maximum Gasteiger partial charge on any atom is 0.137 e. The Bertz CT molecular complexity index is 711. The number of aliphatic hydroxyl groups is 1. The molecule has 1 fully saturated rings. The number of aliphatic hydroxyl groups excluding tert-OH is 1. The van der Waals surface area contributed by atoms with Crippen molar-refractivity contribution >= 4 is 0 Å². The summed E-state index contributed by atoms with van der Waals surface area (Å²) in [5.41, 5.74) is 4.54. The number of hydrogen-bond acceptors (Lipinski definition) is 5. The molecule has 0 saturated carbocycles. The monoisotopic (exact) mass is 330 g/mol. The summed E-state index contributed by atoms with van der Waals surface area (Å²) in [4.78, 5) is 2.31. The molecule has 5 nitrogen and oxygen atoms in total. The topological polar surface area (TPSA) is 58.7 Å². The van der Waals surface area contributed by atoms with Gasteiger partial charge in [0.25, 0.3) is 0 Å². The third kappa shape index (κ3) is 3.62. The zero-order valence-corrected chi connectivity index (χ0v) is 14.9. The van der Waals surface area contributed by atoms with E-state index in [0.717, 1.165) is 42.3 Å². The molecule has 1 saturated heterocycles. The summed E-state index contributed by atoms with van der Waals surface area (Å²) in [5.74, 6) is 1.98. The highest BCUT2D eigenvalue weighted by molar-refractivity contribution is 5.41. The van der Waals surface area contributed by atoms with Crippen molar-refractivity contribution in [2.75, 3.05) is 20.2 Å². The van der Waals surface area contributed by atoms with Crippen LogP contribution in [-0.2, 0) is 13.0 Å². The van der Waals surface area contributed by atoms with Crippen molar-refractivity contribution in [2.24, 2.45) is 5.92 Å². The first-order valence-corrected chi connectivity index (χ1v) is 8.43. The normalized spacial score (nSPS) is 21.4. The fraction of sp³-hybridized carbons (Fsp3) is 0.526. The highest BCUT2D eigenvalue weighted by Gasteiger charge is 2.32. The number of rotatable bonds is 5. The quantitative estimate of drug-likeness (QED) is 0.913. The number of nitrogens with zero attached hydrogens (tertiary/aromatic N) is 2. The average molecular weight is 330 g/mol. The summed E-state index contributed by atoms with van der Waals surface area (Å²) in [6.45, 7) is 8.50. The molecule has 0 aliphatic carbocycles. The van der Waals surface area contributed by atoms with Gasteiger partial charge in [-0.05, 0) is 43.5 Å². The van der Waals surface area contributed by atoms with Gasteiger partial charge in [0.1, 0.15) is 11.5 Å². The van der Waals surface area contributed by atoms with Gasteiger partial charge in [-0.3, -0.25) is 4.90 Å². The van der Waals surface area contributed by atoms with Gasteiger partial charge >= 0.3 is 0 Å². The van der Waals surface area contributed by atoms with Crippen LogP contribution in [0.15, 0.2) is 22.7 Å². The molecule has 2 heterocycles. The van der Waals surface area contributed by atoms with Crippen molar-refractivity contribution in [1.29, 1.82) is 0 Å². The van der Waals surface area contributed by atoms with E-state index in [2.05, 4.69) is 36.0 Å². The van der Waals surface area contributed by atoms with Crippen molar-refractivity contribution in [2.45, 2.75) is 39.8 Å². The second kappa shape index (κ2) is 6.95. The van der Waals surface area contributed by atoms with Gasteiger partial charge in [0.15, 0.2) is 0 Å². The summed E-state index contributed by atoms with van der Waals surface area (Å²) < 4.78 is 10.7. The SMILES string of the molecule is COc1cc(C)c(CN2CC(O)C(Cc3cc(C)no3)C2)cc1C. The Morgan fingerprint density at radius 3 is 2.67 bits per heavy atom. The van der Waals surface area contributed by atoms with Gasteiger partial charge in [0.2, 0.25) is 0 Å². The second-order valence-electron chi connectivity index (χ2n) is 6.91. The van der Waals surface area contributed by atoms with Gasteiger partial charge in [-0.15, -0.1) is 0 Å². The van der Waals surface area contributed by atoms with Crippen LogP contribution in [0.25, 0.3) is 0 Å². The molecule has 1 aromatic carbocycles. The first-order valence-electron chi connectivity index (χ1n) is 8.43. The van der Waals surface area contributed by atoms with E-state index in [1.165, 1.54) is 11.1 Å². The lowest BCUT2D eigenvalue weighted by Crippen LogP contribution is -2.22. The van der Waals surface area contributed by atoms with E-state index in [1.54, 1.807) is 7.11 Å². The summed E-state index contributed by atoms with van der Waals surface area (Å²) in [7, 11) is 1.70. The fourth-order valence-electron chi connectivity index (χ4n) is 3.52. The Hall–Kier alpha value is -1.85. The smallest absolute Gasteiger partial charge is 0.137 e. The lowest BCUT2D eigenvalue weighted by Gasteiger charge is -2.18. The predicted molar refractivity (Wildman–Crippen MR) is 92.2 cm³/mol. The Labute approximate surface area is 143 Å². The number of benzene rings is 1. The molecule has 1 aliphatic heterocycles. The summed E-state index contributed by atoms with van der Waals surface area (Å²) in [6.07, 6.45) is 0.411. The van der Waals surface area contributed by atoms with Gasteiger partial charge in [0.05, 0.1) is 18.9 Å². The molecule has 2 atom stereocenters. The van der Waals surface area contributed by atoms with E-state index < -0.39 is 0 Å². The number of methoxy groups -OCH3 is 1. The minimum Gasteiger partial charge on any atom is -0.496 e. The number of aromatic nitrogens is 1. The van der Waals surface area contributed by atoms with Crippen LogP contribution in [-0.4, -0.2) is 41.5 Å². The molecule has 0 amide bonds. The first-order chi connectivity index (χ1) is 11.5. The minimum absolute atomic E-state index is 0.192. The van der Waals surface area contributed by atoms with Gasteiger partial charge in [-0.2, -0.15) is 0 Å². The molecule has 130 valence electrons. The maximum atomic E-state index is 10.4. The lowest BCUT2D eigenvalue weighted by molar-refractivity contribution is 0.137. The maximum absolute atomic E-state index is 10.4. The van der Waals surface area contributed by atoms with Gasteiger partial charge < -0.3 is 14.4 Å². The Balaban J connectivity index is 1.66. The molecule has 1 aliphatic rings. The van der Waals surface area contributed by atoms with Crippen molar-refractivity contribution < 1.29 is 14.4 Å². The number of β-amino-alcohol motifs (C(OH)–C–C–N with tert-alkyl or cyclic N) is 1. The van der Waals surface area contributed by atoms with Crippen LogP contribution < -0.4 is 4.74 Å². The van der Waals surface area contributed by atoms with Crippen LogP contribution in [0.5, 0.6) is 5.75 Å². The van der Waals surface area contributed by atoms with Crippen molar-refractivity contribution in [3.8, 4) is 5.75 Å². The van der Waals surface area contributed by atoms with Crippen molar-refractivity contribution in [3.63, 3.8) is 0 Å². The van der Waals surface area contributed by atoms with Gasteiger partial charge in [-0.1, -0.05) is 11.2 Å². The Morgan fingerprint density at radius 2 is 2.00 bits per heavy atom. The lowest BCUT2D eigenvalue weighted by atomic mass is 10.0. The Kier molecular flexibility index (Phi) is 4.92. The molecule has 24 heavy (non-hydrogen) atoms. The third-order valence-corrected chi connectivity index (χ3v) is 4.87. The van der Waals surface area contributed by atoms with Crippen LogP contribution in [0.1, 0.15) is 28.1 Å². The number of likely N-dealkylation sites (tertiary alicyclic amines) is 1. The standard InChI is InChI=1S/C19H26N2O3/c1-12-6-19(23-4)13(2)5-15(12)9-21-10-16(18(22)11-21)8-17-7-14(3)20-24-17/h5-7,16,18,22H,8-11H2,1-4H3. The van der Waals surface area contributed by atoms with Crippen molar-refractivity contribution in [3.05, 3.63) is 46.3 Å². The van der Waals surface area contributed by atoms with Gasteiger partial charge in [0, 0.05) is 38.0 Å². The van der Waals surface area contributed by atoms with Crippen molar-refractivity contribution in [1.82, 2.24) is 10.1 Å². The zero-order valence-electron chi connectivity index (χ0n) is 14.9. The van der Waals surface area contributed by atoms with E-state index in [1.807, 2.05) is 13.0 Å². The summed E-state index contributed by atoms with van der Waals surface area (Å²) in [5, 5.41) is 14.3. The molecule has 0 spiro atoms. The molecule has 0 bridgehead atoms. The van der Waals surface area contributed by atoms with Crippen LogP contribution >= 0.6 is 0 Å². The minimum atomic E-state index is -0.324. The highest BCUT2D eigenvalue weighted by Crippen LogP contribution is 2.27.